The lowest BCUT2D eigenvalue weighted by atomic mass is 10.3. The molecule has 116 valence electrons. The van der Waals surface area contributed by atoms with Crippen molar-refractivity contribution in [3.63, 3.8) is 0 Å². The number of para-hydroxylation sites is 1. The summed E-state index contributed by atoms with van der Waals surface area (Å²) in [5, 5.41) is 7.93. The van der Waals surface area contributed by atoms with Gasteiger partial charge in [-0.05, 0) is 24.3 Å². The number of ether oxygens (including phenoxy) is 2. The molecule has 6 nitrogen and oxygen atoms in total. The summed E-state index contributed by atoms with van der Waals surface area (Å²) in [7, 11) is 1.60. The van der Waals surface area contributed by atoms with E-state index in [2.05, 4.69) is 10.3 Å². The van der Waals surface area contributed by atoms with E-state index in [9.17, 15) is 4.79 Å². The lowest BCUT2D eigenvalue weighted by Crippen LogP contribution is -2.07. The largest absolute Gasteiger partial charge is 0.497 e. The fraction of sp³-hybridized carbons (Fsp3) is 0.118. The second-order valence-corrected chi connectivity index (χ2v) is 4.75. The minimum Gasteiger partial charge on any atom is -0.497 e. The molecule has 0 atom stereocenters. The van der Waals surface area contributed by atoms with E-state index >= 15 is 0 Å². The molecule has 23 heavy (non-hydrogen) atoms. The van der Waals surface area contributed by atoms with E-state index in [-0.39, 0.29) is 12.3 Å². The fourth-order valence-electron chi connectivity index (χ4n) is 2.16. The summed E-state index contributed by atoms with van der Waals surface area (Å²) in [6.07, 6.45) is 0.677. The van der Waals surface area contributed by atoms with Crippen LogP contribution >= 0.6 is 0 Å². The molecule has 0 amide bonds. The van der Waals surface area contributed by atoms with Gasteiger partial charge < -0.3 is 9.47 Å². The molecule has 6 heteroatoms. The summed E-state index contributed by atoms with van der Waals surface area (Å²) in [6.45, 7) is 0.170. The summed E-state index contributed by atoms with van der Waals surface area (Å²) in [5.74, 6) is 1.34. The normalized spacial score (nSPS) is 10.3. The van der Waals surface area contributed by atoms with E-state index in [4.69, 9.17) is 9.47 Å². The third kappa shape index (κ3) is 3.21. The first kappa shape index (κ1) is 14.8. The molecule has 0 unspecified atom stereocenters. The van der Waals surface area contributed by atoms with Crippen LogP contribution in [-0.4, -0.2) is 28.4 Å². The van der Waals surface area contributed by atoms with E-state index in [1.165, 1.54) is 0 Å². The van der Waals surface area contributed by atoms with Crippen molar-refractivity contribution in [2.24, 2.45) is 0 Å². The van der Waals surface area contributed by atoms with Gasteiger partial charge >= 0.3 is 0 Å². The molecular weight excluding hydrogens is 294 g/mol. The van der Waals surface area contributed by atoms with Crippen molar-refractivity contribution in [3.05, 3.63) is 66.0 Å². The average Bonchev–Trinajstić information content (AvgIpc) is 3.04. The summed E-state index contributed by atoms with van der Waals surface area (Å²) < 4.78 is 12.5. The summed E-state index contributed by atoms with van der Waals surface area (Å²) in [5.41, 5.74) is 1.67. The van der Waals surface area contributed by atoms with Crippen molar-refractivity contribution in [1.82, 2.24) is 15.0 Å². The Labute approximate surface area is 133 Å². The number of rotatable bonds is 6. The molecule has 3 rings (SSSR count). The van der Waals surface area contributed by atoms with Gasteiger partial charge in [0.15, 0.2) is 12.0 Å². The van der Waals surface area contributed by atoms with Gasteiger partial charge in [0, 0.05) is 6.07 Å². The zero-order valence-corrected chi connectivity index (χ0v) is 12.5. The molecule has 0 N–H and O–H groups in total. The minimum atomic E-state index is 0.170. The number of hydrogen-bond acceptors (Lipinski definition) is 5. The van der Waals surface area contributed by atoms with E-state index in [1.54, 1.807) is 17.9 Å². The van der Waals surface area contributed by atoms with Crippen molar-refractivity contribution in [1.29, 1.82) is 0 Å². The Kier molecular flexibility index (Phi) is 4.33. The monoisotopic (exact) mass is 309 g/mol. The second kappa shape index (κ2) is 6.74. The third-order valence-electron chi connectivity index (χ3n) is 3.32. The number of carbonyl (C=O) groups excluding carboxylic acids is 1. The zero-order chi connectivity index (χ0) is 16.1. The Bertz CT molecular complexity index is 800. The molecule has 0 radical (unpaired) electrons. The van der Waals surface area contributed by atoms with Crippen molar-refractivity contribution in [2.45, 2.75) is 6.61 Å². The molecule has 0 saturated carbocycles. The van der Waals surface area contributed by atoms with Gasteiger partial charge in [-0.25, -0.2) is 4.68 Å². The third-order valence-corrected chi connectivity index (χ3v) is 3.32. The van der Waals surface area contributed by atoms with E-state index in [1.807, 2.05) is 48.5 Å². The molecule has 2 aromatic carbocycles. The van der Waals surface area contributed by atoms with Gasteiger partial charge in [0.2, 0.25) is 0 Å². The highest BCUT2D eigenvalue weighted by molar-refractivity contribution is 5.73. The SMILES string of the molecule is COc1cccc(OCc2c(C=O)nnn2-c2ccccc2)c1. The first-order valence-corrected chi connectivity index (χ1v) is 7.04. The number of carbonyl (C=O) groups is 1. The summed E-state index contributed by atoms with van der Waals surface area (Å²) >= 11 is 0. The number of aromatic nitrogens is 3. The molecule has 3 aromatic rings. The highest BCUT2D eigenvalue weighted by Gasteiger charge is 2.14. The van der Waals surface area contributed by atoms with Crippen LogP contribution in [0.5, 0.6) is 11.5 Å². The summed E-state index contributed by atoms with van der Waals surface area (Å²) in [6, 6.07) is 16.7. The Morgan fingerprint density at radius 1 is 1.09 bits per heavy atom. The molecule has 1 aromatic heterocycles. The Morgan fingerprint density at radius 2 is 1.87 bits per heavy atom. The summed E-state index contributed by atoms with van der Waals surface area (Å²) in [4.78, 5) is 11.2. The first-order chi connectivity index (χ1) is 11.3. The smallest absolute Gasteiger partial charge is 0.172 e. The Hall–Kier alpha value is -3.15. The van der Waals surface area contributed by atoms with Crippen molar-refractivity contribution in [2.75, 3.05) is 7.11 Å². The van der Waals surface area contributed by atoms with Crippen LogP contribution < -0.4 is 9.47 Å². The predicted molar refractivity (Wildman–Crippen MR) is 84.1 cm³/mol. The maximum absolute atomic E-state index is 11.2. The second-order valence-electron chi connectivity index (χ2n) is 4.75. The predicted octanol–water partition coefficient (Wildman–Crippen LogP) is 2.67. The van der Waals surface area contributed by atoms with Gasteiger partial charge in [0.25, 0.3) is 0 Å². The lowest BCUT2D eigenvalue weighted by Gasteiger charge is -2.09. The number of methoxy groups -OCH3 is 1. The van der Waals surface area contributed by atoms with Gasteiger partial charge in [-0.15, -0.1) is 5.10 Å². The highest BCUT2D eigenvalue weighted by atomic mass is 16.5. The van der Waals surface area contributed by atoms with Crippen molar-refractivity contribution in [3.8, 4) is 17.2 Å². The van der Waals surface area contributed by atoms with Crippen molar-refractivity contribution >= 4 is 6.29 Å². The zero-order valence-electron chi connectivity index (χ0n) is 12.5. The van der Waals surface area contributed by atoms with Crippen LogP contribution in [0.25, 0.3) is 5.69 Å². The van der Waals surface area contributed by atoms with Gasteiger partial charge in [-0.2, -0.15) is 0 Å². The van der Waals surface area contributed by atoms with Crippen LogP contribution in [0.3, 0.4) is 0 Å². The van der Waals surface area contributed by atoms with Crippen LogP contribution in [0.1, 0.15) is 16.2 Å². The lowest BCUT2D eigenvalue weighted by molar-refractivity contribution is 0.111. The van der Waals surface area contributed by atoms with E-state index in [0.717, 1.165) is 5.69 Å². The van der Waals surface area contributed by atoms with Crippen LogP contribution in [0.2, 0.25) is 0 Å². The highest BCUT2D eigenvalue weighted by Crippen LogP contribution is 2.21. The molecule has 0 spiro atoms. The average molecular weight is 309 g/mol. The van der Waals surface area contributed by atoms with Gasteiger partial charge in [-0.1, -0.05) is 29.5 Å². The van der Waals surface area contributed by atoms with Crippen LogP contribution in [-0.2, 0) is 6.61 Å². The first-order valence-electron chi connectivity index (χ1n) is 7.04. The minimum absolute atomic E-state index is 0.170. The number of benzene rings is 2. The molecule has 0 fully saturated rings. The number of aldehydes is 1. The Morgan fingerprint density at radius 3 is 2.61 bits per heavy atom. The van der Waals surface area contributed by atoms with Crippen LogP contribution in [0.15, 0.2) is 54.6 Å². The fourth-order valence-corrected chi connectivity index (χ4v) is 2.16. The molecule has 1 heterocycles. The number of nitrogens with zero attached hydrogens (tertiary/aromatic N) is 3. The quantitative estimate of drug-likeness (QED) is 0.655. The van der Waals surface area contributed by atoms with E-state index in [0.29, 0.717) is 23.5 Å². The Balaban J connectivity index is 1.87. The van der Waals surface area contributed by atoms with Gasteiger partial charge in [0.05, 0.1) is 12.8 Å². The van der Waals surface area contributed by atoms with E-state index < -0.39 is 0 Å². The van der Waals surface area contributed by atoms with Crippen LogP contribution in [0.4, 0.5) is 0 Å². The van der Waals surface area contributed by atoms with Gasteiger partial charge in [-0.3, -0.25) is 4.79 Å². The molecule has 0 aliphatic carbocycles. The molecular formula is C17H15N3O3. The molecule has 0 saturated heterocycles. The topological polar surface area (TPSA) is 66.2 Å². The standard InChI is InChI=1S/C17H15N3O3/c1-22-14-8-5-9-15(10-14)23-12-17-16(11-21)18-19-20(17)13-6-3-2-4-7-13/h2-11H,12H2,1H3. The van der Waals surface area contributed by atoms with Crippen LogP contribution in [0, 0.1) is 0 Å². The number of hydrogen-bond donors (Lipinski definition) is 0. The van der Waals surface area contributed by atoms with Crippen molar-refractivity contribution < 1.29 is 14.3 Å². The maximum atomic E-state index is 11.2. The maximum Gasteiger partial charge on any atom is 0.172 e. The molecule has 0 bridgehead atoms. The van der Waals surface area contributed by atoms with Gasteiger partial charge in [0.1, 0.15) is 23.8 Å². The molecule has 0 aliphatic rings. The molecule has 0 aliphatic heterocycles.